The van der Waals surface area contributed by atoms with E-state index in [0.717, 1.165) is 7.11 Å². The molecule has 13 heavy (non-hydrogen) atoms. The zero-order chi connectivity index (χ0) is 9.57. The molecule has 1 atom stereocenters. The van der Waals surface area contributed by atoms with Crippen LogP contribution in [-0.4, -0.2) is 42.6 Å². The Bertz CT molecular complexity index is 316. The van der Waals surface area contributed by atoms with Gasteiger partial charge in [-0.2, -0.15) is 0 Å². The molecule has 1 saturated heterocycles. The number of rotatable bonds is 2. The monoisotopic (exact) mass is 234 g/mol. The van der Waals surface area contributed by atoms with Gasteiger partial charge in [-0.3, -0.25) is 10.5 Å². The van der Waals surface area contributed by atoms with Crippen LogP contribution in [-0.2, 0) is 19.8 Å². The van der Waals surface area contributed by atoms with Gasteiger partial charge in [-0.15, -0.1) is 0 Å². The molecule has 1 rings (SSSR count). The van der Waals surface area contributed by atoms with Crippen molar-refractivity contribution < 1.29 is 73.9 Å². The van der Waals surface area contributed by atoms with Gasteiger partial charge in [-0.25, -0.2) is 12.7 Å². The average Bonchev–Trinajstić information content (AvgIpc) is 1.96. The molecule has 1 amide bonds. The van der Waals surface area contributed by atoms with Crippen LogP contribution in [0.15, 0.2) is 0 Å². The van der Waals surface area contributed by atoms with Gasteiger partial charge in [-0.05, 0) is 0 Å². The van der Waals surface area contributed by atoms with Gasteiger partial charge in [0.1, 0.15) is 0 Å². The van der Waals surface area contributed by atoms with E-state index in [0.29, 0.717) is 0 Å². The molecule has 0 radical (unpaired) electrons. The predicted octanol–water partition coefficient (Wildman–Crippen LogP) is -5.41. The van der Waals surface area contributed by atoms with Crippen LogP contribution in [0.5, 0.6) is 0 Å². The number of carbonyl (C=O) groups is 1. The topological polar surface area (TPSA) is 113 Å². The molecule has 2 N–H and O–H groups in total. The summed E-state index contributed by atoms with van der Waals surface area (Å²) >= 11 is 0. The summed E-state index contributed by atoms with van der Waals surface area (Å²) in [7, 11) is -3.56. The molecule has 1 fully saturated rings. The maximum atomic E-state index is 10.9. The van der Waals surface area contributed by atoms with Crippen LogP contribution in [0, 0.1) is 0 Å². The Morgan fingerprint density at radius 2 is 2.15 bits per heavy atom. The van der Waals surface area contributed by atoms with E-state index in [4.69, 9.17) is 5.73 Å². The van der Waals surface area contributed by atoms with Gasteiger partial charge in [0.2, 0.25) is 5.72 Å². The number of amides is 1. The summed E-state index contributed by atoms with van der Waals surface area (Å²) < 4.78 is 35.4. The third-order valence-electron chi connectivity index (χ3n) is 1.60. The molecule has 1 aliphatic heterocycles. The van der Waals surface area contributed by atoms with E-state index in [-0.39, 0.29) is 55.7 Å². The first-order valence-corrected chi connectivity index (χ1v) is 4.30. The number of ether oxygens (including phenoxy) is 1. The van der Waals surface area contributed by atoms with E-state index in [9.17, 15) is 17.8 Å². The second-order valence-electron chi connectivity index (χ2n) is 2.36. The zero-order valence-corrected chi connectivity index (χ0v) is 11.1. The number of β-lactam (4-membered cyclic amide) rings is 1. The van der Waals surface area contributed by atoms with Crippen molar-refractivity contribution in [1.29, 1.82) is 0 Å². The minimum Gasteiger partial charge on any atom is -0.731 e. The molecule has 0 aromatic carbocycles. The van der Waals surface area contributed by atoms with Gasteiger partial charge in [0, 0.05) is 7.11 Å². The number of carbonyl (C=O) groups excluding carboxylic acids is 1. The number of hydrogen-bond acceptors (Lipinski definition) is 6. The van der Waals surface area contributed by atoms with Crippen molar-refractivity contribution >= 4 is 16.2 Å². The summed E-state index contributed by atoms with van der Waals surface area (Å²) in [6, 6.07) is 0. The maximum absolute atomic E-state index is 10.9. The van der Waals surface area contributed by atoms with Gasteiger partial charge in [0.25, 0.3) is 5.91 Å². The molecule has 1 unspecified atom stereocenters. The van der Waals surface area contributed by atoms with E-state index in [1.807, 2.05) is 0 Å². The van der Waals surface area contributed by atoms with Gasteiger partial charge in [0.05, 0.1) is 6.54 Å². The Morgan fingerprint density at radius 1 is 1.69 bits per heavy atom. The standard InChI is InChI=1S/C4H8N2O5S.K/c1-11-4(5)2-6(3(4)7)12(8,9)10;/h2,5H2,1H3,(H,8,9,10);/q;+1/p-1. The fourth-order valence-corrected chi connectivity index (χ4v) is 1.51. The molecule has 70 valence electrons. The third kappa shape index (κ3) is 2.49. The summed E-state index contributed by atoms with van der Waals surface area (Å²) in [4.78, 5) is 10.9. The smallest absolute Gasteiger partial charge is 0.731 e. The Morgan fingerprint density at radius 3 is 2.38 bits per heavy atom. The first-order chi connectivity index (χ1) is 5.31. The molecule has 0 aliphatic carbocycles. The summed E-state index contributed by atoms with van der Waals surface area (Å²) in [5, 5.41) is 0. The minimum atomic E-state index is -4.72. The number of hydrogen-bond donors (Lipinski definition) is 1. The van der Waals surface area contributed by atoms with Crippen LogP contribution in [0.4, 0.5) is 0 Å². The zero-order valence-electron chi connectivity index (χ0n) is 7.18. The Kier molecular flexibility index (Phi) is 4.51. The molecular formula is C4H7KN2O5S. The summed E-state index contributed by atoms with van der Waals surface area (Å²) in [6.45, 7) is -0.422. The van der Waals surface area contributed by atoms with Crippen LogP contribution in [0.3, 0.4) is 0 Å². The average molecular weight is 234 g/mol. The molecule has 0 saturated carbocycles. The van der Waals surface area contributed by atoms with Crippen molar-refractivity contribution in [2.24, 2.45) is 5.73 Å². The third-order valence-corrected chi connectivity index (χ3v) is 2.44. The number of methoxy groups -OCH3 is 1. The van der Waals surface area contributed by atoms with E-state index in [2.05, 4.69) is 4.74 Å². The van der Waals surface area contributed by atoms with Crippen LogP contribution in [0.2, 0.25) is 0 Å². The Hall–Kier alpha value is 0.936. The molecule has 0 aromatic heterocycles. The van der Waals surface area contributed by atoms with Crippen molar-refractivity contribution in [2.75, 3.05) is 13.7 Å². The normalized spacial score (nSPS) is 27.9. The van der Waals surface area contributed by atoms with E-state index in [1.165, 1.54) is 0 Å². The van der Waals surface area contributed by atoms with Crippen molar-refractivity contribution in [3.8, 4) is 0 Å². The second kappa shape index (κ2) is 4.20. The fourth-order valence-electron chi connectivity index (χ4n) is 0.805. The van der Waals surface area contributed by atoms with Gasteiger partial charge in [0.15, 0.2) is 10.3 Å². The van der Waals surface area contributed by atoms with E-state index in [1.54, 1.807) is 0 Å². The number of nitrogens with zero attached hydrogens (tertiary/aromatic N) is 1. The first kappa shape index (κ1) is 13.9. The first-order valence-electron chi connectivity index (χ1n) is 2.93. The van der Waals surface area contributed by atoms with Gasteiger partial charge in [-0.1, -0.05) is 0 Å². The minimum absolute atomic E-state index is 0. The SMILES string of the molecule is COC1(N)CN(S(=O)(=O)[O-])C1=O.[K+]. The van der Waals surface area contributed by atoms with Crippen LogP contribution >= 0.6 is 0 Å². The van der Waals surface area contributed by atoms with E-state index < -0.39 is 28.5 Å². The molecule has 7 nitrogen and oxygen atoms in total. The molecule has 1 heterocycles. The molecular weight excluding hydrogens is 227 g/mol. The van der Waals surface area contributed by atoms with Gasteiger partial charge >= 0.3 is 51.4 Å². The van der Waals surface area contributed by atoms with Crippen LogP contribution in [0.25, 0.3) is 0 Å². The van der Waals surface area contributed by atoms with Crippen molar-refractivity contribution in [3.63, 3.8) is 0 Å². The van der Waals surface area contributed by atoms with E-state index >= 15 is 0 Å². The van der Waals surface area contributed by atoms with Crippen LogP contribution < -0.4 is 57.1 Å². The molecule has 0 bridgehead atoms. The summed E-state index contributed by atoms with van der Waals surface area (Å²) in [5.74, 6) is -1.03. The van der Waals surface area contributed by atoms with Crippen LogP contribution in [0.1, 0.15) is 0 Å². The maximum Gasteiger partial charge on any atom is 1.00 e. The Balaban J connectivity index is 0.00000144. The molecule has 0 aromatic rings. The molecule has 1 aliphatic rings. The molecule has 9 heteroatoms. The summed E-state index contributed by atoms with van der Waals surface area (Å²) in [5.41, 5.74) is 3.57. The van der Waals surface area contributed by atoms with Crippen molar-refractivity contribution in [3.05, 3.63) is 0 Å². The van der Waals surface area contributed by atoms with Gasteiger partial charge < -0.3 is 9.29 Å². The predicted molar refractivity (Wildman–Crippen MR) is 35.3 cm³/mol. The molecule has 0 spiro atoms. The fraction of sp³-hybridized carbons (Fsp3) is 0.750. The van der Waals surface area contributed by atoms with Crippen molar-refractivity contribution in [2.45, 2.75) is 5.72 Å². The summed E-state index contributed by atoms with van der Waals surface area (Å²) in [6.07, 6.45) is 0. The number of nitrogens with two attached hydrogens (primary N) is 1. The second-order valence-corrected chi connectivity index (χ2v) is 3.66. The Labute approximate surface area is 118 Å². The largest absolute Gasteiger partial charge is 1.00 e. The van der Waals surface area contributed by atoms with Crippen molar-refractivity contribution in [1.82, 2.24) is 4.31 Å². The quantitative estimate of drug-likeness (QED) is 0.221.